The molecule has 0 bridgehead atoms. The first-order valence-corrected chi connectivity index (χ1v) is 8.23. The van der Waals surface area contributed by atoms with Crippen LogP contribution in [0.5, 0.6) is 0 Å². The van der Waals surface area contributed by atoms with E-state index in [0.717, 1.165) is 18.7 Å². The first-order valence-electron chi connectivity index (χ1n) is 7.86. The molecular weight excluding hydrogens is 362 g/mol. The molecule has 0 amide bonds. The largest absolute Gasteiger partial charge is 0.417 e. The third-order valence-electron chi connectivity index (χ3n) is 3.80. The van der Waals surface area contributed by atoms with Crippen molar-refractivity contribution in [2.75, 3.05) is 38.3 Å². The van der Waals surface area contributed by atoms with Crippen LogP contribution >= 0.6 is 11.6 Å². The van der Waals surface area contributed by atoms with Crippen LogP contribution in [0.1, 0.15) is 18.4 Å². The Morgan fingerprint density at radius 3 is 2.84 bits per heavy atom. The van der Waals surface area contributed by atoms with Crippen molar-refractivity contribution in [2.45, 2.75) is 25.1 Å². The van der Waals surface area contributed by atoms with Crippen molar-refractivity contribution in [1.82, 2.24) is 15.6 Å². The van der Waals surface area contributed by atoms with Crippen LogP contribution in [0.25, 0.3) is 0 Å². The van der Waals surface area contributed by atoms with Crippen LogP contribution in [-0.4, -0.2) is 50.3 Å². The fourth-order valence-corrected chi connectivity index (χ4v) is 2.84. The first-order chi connectivity index (χ1) is 11.8. The lowest BCUT2D eigenvalue weighted by Gasteiger charge is -2.21. The van der Waals surface area contributed by atoms with Gasteiger partial charge in [0.1, 0.15) is 5.82 Å². The van der Waals surface area contributed by atoms with Gasteiger partial charge >= 0.3 is 6.18 Å². The van der Waals surface area contributed by atoms with E-state index in [4.69, 9.17) is 11.6 Å². The maximum Gasteiger partial charge on any atom is 0.417 e. The van der Waals surface area contributed by atoms with E-state index in [1.807, 2.05) is 4.90 Å². The van der Waals surface area contributed by atoms with Gasteiger partial charge in [0.15, 0.2) is 5.96 Å². The Hall–Kier alpha value is -1.77. The second-order valence-electron chi connectivity index (χ2n) is 5.64. The van der Waals surface area contributed by atoms with Crippen molar-refractivity contribution in [3.8, 4) is 0 Å². The molecule has 2 heterocycles. The summed E-state index contributed by atoms with van der Waals surface area (Å²) in [5, 5.41) is 6.18. The SMILES string of the molecule is CN=C(NCCCF)NC1CCN(c2ncc(C(F)(F)F)cc2Cl)C1. The normalized spacial score (nSPS) is 18.6. The molecule has 1 aromatic heterocycles. The Kier molecular flexibility index (Phi) is 6.69. The molecule has 2 rings (SSSR count). The average Bonchev–Trinajstić information content (AvgIpc) is 3.01. The molecule has 1 fully saturated rings. The number of halogens is 5. The van der Waals surface area contributed by atoms with Crippen LogP contribution in [0.2, 0.25) is 5.02 Å². The number of rotatable bonds is 5. The van der Waals surface area contributed by atoms with Crippen molar-refractivity contribution < 1.29 is 17.6 Å². The van der Waals surface area contributed by atoms with Crippen LogP contribution < -0.4 is 15.5 Å². The molecule has 1 aliphatic rings. The second kappa shape index (κ2) is 8.55. The van der Waals surface area contributed by atoms with E-state index < -0.39 is 18.4 Å². The van der Waals surface area contributed by atoms with Gasteiger partial charge in [-0.2, -0.15) is 13.2 Å². The molecule has 0 saturated carbocycles. The molecule has 0 aliphatic carbocycles. The minimum atomic E-state index is -4.47. The van der Waals surface area contributed by atoms with E-state index >= 15 is 0 Å². The minimum absolute atomic E-state index is 0.0269. The van der Waals surface area contributed by atoms with Crippen molar-refractivity contribution in [3.05, 3.63) is 22.8 Å². The standard InChI is InChI=1S/C15H20ClF4N5/c1-21-14(22-5-2-4-17)24-11-3-6-25(9-11)13-12(16)7-10(8-23-13)15(18,19)20/h7-8,11H,2-6,9H2,1H3,(H2,21,22,24). The number of aliphatic imine (C=N–C) groups is 1. The van der Waals surface area contributed by atoms with Gasteiger partial charge in [0, 0.05) is 38.9 Å². The molecule has 25 heavy (non-hydrogen) atoms. The number of anilines is 1. The third-order valence-corrected chi connectivity index (χ3v) is 4.08. The zero-order valence-corrected chi connectivity index (χ0v) is 14.5. The predicted molar refractivity (Wildman–Crippen MR) is 90.0 cm³/mol. The lowest BCUT2D eigenvalue weighted by Crippen LogP contribution is -2.45. The molecule has 140 valence electrons. The summed E-state index contributed by atoms with van der Waals surface area (Å²) in [6.45, 7) is 1.21. The minimum Gasteiger partial charge on any atom is -0.356 e. The molecule has 1 saturated heterocycles. The van der Waals surface area contributed by atoms with Gasteiger partial charge in [-0.05, 0) is 18.9 Å². The summed E-state index contributed by atoms with van der Waals surface area (Å²) in [5.41, 5.74) is -0.868. The van der Waals surface area contributed by atoms with Gasteiger partial charge < -0.3 is 15.5 Å². The number of guanidine groups is 1. The van der Waals surface area contributed by atoms with Gasteiger partial charge in [0.2, 0.25) is 0 Å². The van der Waals surface area contributed by atoms with Crippen LogP contribution in [0.4, 0.5) is 23.4 Å². The molecule has 0 radical (unpaired) electrons. The lowest BCUT2D eigenvalue weighted by molar-refractivity contribution is -0.137. The van der Waals surface area contributed by atoms with Crippen LogP contribution in [0, 0.1) is 0 Å². The monoisotopic (exact) mass is 381 g/mol. The zero-order chi connectivity index (χ0) is 18.4. The van der Waals surface area contributed by atoms with E-state index in [2.05, 4.69) is 20.6 Å². The summed E-state index contributed by atoms with van der Waals surface area (Å²) < 4.78 is 50.2. The topological polar surface area (TPSA) is 52.6 Å². The highest BCUT2D eigenvalue weighted by atomic mass is 35.5. The number of alkyl halides is 4. The highest BCUT2D eigenvalue weighted by Gasteiger charge is 2.33. The van der Waals surface area contributed by atoms with Crippen molar-refractivity contribution in [3.63, 3.8) is 0 Å². The summed E-state index contributed by atoms with van der Waals surface area (Å²) >= 11 is 5.98. The Morgan fingerprint density at radius 2 is 2.24 bits per heavy atom. The maximum atomic E-state index is 12.7. The van der Waals surface area contributed by atoms with E-state index in [-0.39, 0.29) is 11.1 Å². The smallest absolute Gasteiger partial charge is 0.356 e. The molecule has 1 unspecified atom stereocenters. The summed E-state index contributed by atoms with van der Waals surface area (Å²) in [4.78, 5) is 9.77. The molecule has 2 N–H and O–H groups in total. The molecule has 0 spiro atoms. The summed E-state index contributed by atoms with van der Waals surface area (Å²) in [6, 6.07) is 0.930. The van der Waals surface area contributed by atoms with Gasteiger partial charge in [-0.25, -0.2) is 4.98 Å². The Balaban J connectivity index is 1.96. The molecule has 5 nitrogen and oxygen atoms in total. The van der Waals surface area contributed by atoms with Crippen molar-refractivity contribution >= 4 is 23.4 Å². The lowest BCUT2D eigenvalue weighted by atomic mass is 10.2. The number of nitrogens with one attached hydrogen (secondary N) is 2. The number of hydrogen-bond donors (Lipinski definition) is 2. The zero-order valence-electron chi connectivity index (χ0n) is 13.7. The Bertz CT molecular complexity index is 608. The summed E-state index contributed by atoms with van der Waals surface area (Å²) in [5.74, 6) is 0.895. The van der Waals surface area contributed by atoms with E-state index in [9.17, 15) is 17.6 Å². The maximum absolute atomic E-state index is 12.7. The first kappa shape index (κ1) is 19.6. The van der Waals surface area contributed by atoms with Crippen LogP contribution in [0.3, 0.4) is 0 Å². The third kappa shape index (κ3) is 5.35. The number of hydrogen-bond acceptors (Lipinski definition) is 3. The summed E-state index contributed by atoms with van der Waals surface area (Å²) in [7, 11) is 1.62. The van der Waals surface area contributed by atoms with E-state index in [1.165, 1.54) is 0 Å². The van der Waals surface area contributed by atoms with Crippen molar-refractivity contribution in [1.29, 1.82) is 0 Å². The second-order valence-corrected chi connectivity index (χ2v) is 6.05. The fourth-order valence-electron chi connectivity index (χ4n) is 2.55. The highest BCUT2D eigenvalue weighted by Crippen LogP contribution is 2.34. The highest BCUT2D eigenvalue weighted by molar-refractivity contribution is 6.33. The molecular formula is C15H20ClF4N5. The Morgan fingerprint density at radius 1 is 1.48 bits per heavy atom. The van der Waals surface area contributed by atoms with Gasteiger partial charge in [-0.3, -0.25) is 9.38 Å². The molecule has 1 atom stereocenters. The van der Waals surface area contributed by atoms with Gasteiger partial charge in [-0.15, -0.1) is 0 Å². The van der Waals surface area contributed by atoms with Gasteiger partial charge in [0.05, 0.1) is 17.3 Å². The quantitative estimate of drug-likeness (QED) is 0.356. The van der Waals surface area contributed by atoms with Gasteiger partial charge in [0.25, 0.3) is 0 Å². The van der Waals surface area contributed by atoms with Crippen LogP contribution in [0.15, 0.2) is 17.3 Å². The number of pyridine rings is 1. The average molecular weight is 382 g/mol. The van der Waals surface area contributed by atoms with Crippen LogP contribution in [-0.2, 0) is 6.18 Å². The molecule has 1 aromatic rings. The molecule has 1 aliphatic heterocycles. The summed E-state index contributed by atoms with van der Waals surface area (Å²) in [6.07, 6.45) is -2.53. The van der Waals surface area contributed by atoms with Crippen molar-refractivity contribution in [2.24, 2.45) is 4.99 Å². The van der Waals surface area contributed by atoms with Gasteiger partial charge in [-0.1, -0.05) is 11.6 Å². The Labute approximate surface area is 148 Å². The number of aromatic nitrogens is 1. The van der Waals surface area contributed by atoms with E-state index in [1.54, 1.807) is 7.05 Å². The predicted octanol–water partition coefficient (Wildman–Crippen LogP) is 2.86. The number of nitrogens with zero attached hydrogens (tertiary/aromatic N) is 3. The molecule has 0 aromatic carbocycles. The van der Waals surface area contributed by atoms with E-state index in [0.29, 0.717) is 37.8 Å². The fraction of sp³-hybridized carbons (Fsp3) is 0.600. The molecule has 10 heteroatoms.